The fraction of sp³-hybridized carbons (Fsp3) is 0.938. The molecule has 1 amide bonds. The van der Waals surface area contributed by atoms with Crippen LogP contribution in [0, 0.1) is 10.8 Å². The van der Waals surface area contributed by atoms with E-state index in [2.05, 4.69) is 31.0 Å². The van der Waals surface area contributed by atoms with E-state index in [1.807, 2.05) is 0 Å². The zero-order chi connectivity index (χ0) is 13.9. The Labute approximate surface area is 118 Å². The maximum atomic E-state index is 13.0. The predicted molar refractivity (Wildman–Crippen MR) is 79.0 cm³/mol. The van der Waals surface area contributed by atoms with Crippen molar-refractivity contribution >= 4 is 5.91 Å². The van der Waals surface area contributed by atoms with Crippen molar-refractivity contribution in [1.82, 2.24) is 10.2 Å². The minimum Gasteiger partial charge on any atom is -0.342 e. The lowest BCUT2D eigenvalue weighted by Gasteiger charge is -2.45. The maximum Gasteiger partial charge on any atom is 0.230 e. The topological polar surface area (TPSA) is 32.3 Å². The highest BCUT2D eigenvalue weighted by Gasteiger charge is 2.43. The average Bonchev–Trinajstić information content (AvgIpc) is 2.38. The van der Waals surface area contributed by atoms with Crippen molar-refractivity contribution in [3.8, 4) is 0 Å². The summed E-state index contributed by atoms with van der Waals surface area (Å²) in [5, 5.41) is 3.45. The molecule has 2 rings (SSSR count). The predicted octanol–water partition coefficient (Wildman–Crippen LogP) is 2.80. The van der Waals surface area contributed by atoms with Gasteiger partial charge >= 0.3 is 0 Å². The summed E-state index contributed by atoms with van der Waals surface area (Å²) in [6, 6.07) is 0. The molecule has 19 heavy (non-hydrogen) atoms. The molecular formula is C16H30N2O. The van der Waals surface area contributed by atoms with Crippen LogP contribution in [0.4, 0.5) is 0 Å². The number of carbonyl (C=O) groups is 1. The third-order valence-corrected chi connectivity index (χ3v) is 4.84. The first-order valence-electron chi connectivity index (χ1n) is 7.99. The highest BCUT2D eigenvalue weighted by atomic mass is 16.2. The van der Waals surface area contributed by atoms with Crippen molar-refractivity contribution in [3.05, 3.63) is 0 Å². The first kappa shape index (κ1) is 14.8. The van der Waals surface area contributed by atoms with E-state index in [4.69, 9.17) is 0 Å². The molecule has 2 fully saturated rings. The van der Waals surface area contributed by atoms with E-state index in [0.717, 1.165) is 58.3 Å². The molecule has 3 nitrogen and oxygen atoms in total. The Morgan fingerprint density at radius 3 is 2.63 bits per heavy atom. The van der Waals surface area contributed by atoms with Crippen molar-refractivity contribution in [2.24, 2.45) is 10.8 Å². The Kier molecular flexibility index (Phi) is 4.54. The average molecular weight is 266 g/mol. The number of carbonyl (C=O) groups excluding carboxylic acids is 1. The lowest BCUT2D eigenvalue weighted by atomic mass is 9.74. The maximum absolute atomic E-state index is 13.0. The zero-order valence-electron chi connectivity index (χ0n) is 12.9. The van der Waals surface area contributed by atoms with E-state index in [1.165, 1.54) is 6.42 Å². The van der Waals surface area contributed by atoms with Gasteiger partial charge in [-0.15, -0.1) is 0 Å². The van der Waals surface area contributed by atoms with Crippen LogP contribution in [-0.2, 0) is 4.79 Å². The minimum absolute atomic E-state index is 0.111. The molecule has 1 atom stereocenters. The van der Waals surface area contributed by atoms with Gasteiger partial charge in [-0.05, 0) is 44.1 Å². The number of piperidine rings is 2. The van der Waals surface area contributed by atoms with Crippen LogP contribution in [0.2, 0.25) is 0 Å². The number of nitrogens with one attached hydrogen (secondary N) is 1. The fourth-order valence-electron chi connectivity index (χ4n) is 3.88. The van der Waals surface area contributed by atoms with Gasteiger partial charge in [-0.25, -0.2) is 0 Å². The normalized spacial score (nSPS) is 31.2. The summed E-state index contributed by atoms with van der Waals surface area (Å²) in [5.74, 6) is 0.425. The van der Waals surface area contributed by atoms with Crippen molar-refractivity contribution in [2.75, 3.05) is 26.2 Å². The highest BCUT2D eigenvalue weighted by molar-refractivity contribution is 5.83. The summed E-state index contributed by atoms with van der Waals surface area (Å²) in [4.78, 5) is 15.2. The van der Waals surface area contributed by atoms with Crippen LogP contribution in [0.3, 0.4) is 0 Å². The molecule has 0 aliphatic carbocycles. The molecule has 3 heteroatoms. The molecular weight excluding hydrogens is 236 g/mol. The quantitative estimate of drug-likeness (QED) is 0.852. The summed E-state index contributed by atoms with van der Waals surface area (Å²) >= 11 is 0. The van der Waals surface area contributed by atoms with E-state index in [1.54, 1.807) is 0 Å². The second-order valence-electron chi connectivity index (χ2n) is 7.31. The molecule has 1 unspecified atom stereocenters. The first-order valence-corrected chi connectivity index (χ1v) is 7.99. The van der Waals surface area contributed by atoms with E-state index in [0.29, 0.717) is 11.3 Å². The van der Waals surface area contributed by atoms with Gasteiger partial charge in [0.25, 0.3) is 0 Å². The molecule has 0 aromatic rings. The molecule has 110 valence electrons. The van der Waals surface area contributed by atoms with E-state index in [9.17, 15) is 4.79 Å². The molecule has 0 bridgehead atoms. The fourth-order valence-corrected chi connectivity index (χ4v) is 3.88. The summed E-state index contributed by atoms with van der Waals surface area (Å²) in [5.41, 5.74) is 0.184. The van der Waals surface area contributed by atoms with Gasteiger partial charge in [0, 0.05) is 19.6 Å². The molecule has 2 aliphatic heterocycles. The van der Waals surface area contributed by atoms with E-state index in [-0.39, 0.29) is 5.41 Å². The van der Waals surface area contributed by atoms with Crippen LogP contribution in [-0.4, -0.2) is 37.0 Å². The molecule has 0 radical (unpaired) electrons. The largest absolute Gasteiger partial charge is 0.342 e. The van der Waals surface area contributed by atoms with Gasteiger partial charge in [0.15, 0.2) is 0 Å². The second kappa shape index (κ2) is 5.82. The Morgan fingerprint density at radius 1 is 1.26 bits per heavy atom. The number of hydrogen-bond acceptors (Lipinski definition) is 2. The van der Waals surface area contributed by atoms with Crippen LogP contribution in [0.15, 0.2) is 0 Å². The third-order valence-electron chi connectivity index (χ3n) is 4.84. The van der Waals surface area contributed by atoms with Crippen molar-refractivity contribution < 1.29 is 4.79 Å². The lowest BCUT2D eigenvalue weighted by Crippen LogP contribution is -2.55. The number of nitrogens with zero attached hydrogens (tertiary/aromatic N) is 1. The first-order chi connectivity index (χ1) is 8.99. The van der Waals surface area contributed by atoms with Crippen LogP contribution in [0.1, 0.15) is 59.3 Å². The van der Waals surface area contributed by atoms with Crippen molar-refractivity contribution in [1.29, 1.82) is 0 Å². The number of likely N-dealkylation sites (tertiary alicyclic amines) is 1. The van der Waals surface area contributed by atoms with Gasteiger partial charge in [-0.1, -0.05) is 27.2 Å². The van der Waals surface area contributed by atoms with Crippen LogP contribution in [0.5, 0.6) is 0 Å². The molecule has 0 aromatic heterocycles. The molecule has 2 heterocycles. The second-order valence-corrected chi connectivity index (χ2v) is 7.31. The molecule has 0 aromatic carbocycles. The molecule has 0 saturated carbocycles. The molecule has 2 aliphatic rings. The number of rotatable bonds is 3. The van der Waals surface area contributed by atoms with Crippen molar-refractivity contribution in [3.63, 3.8) is 0 Å². The van der Waals surface area contributed by atoms with Gasteiger partial charge < -0.3 is 10.2 Å². The Balaban J connectivity index is 2.10. The zero-order valence-corrected chi connectivity index (χ0v) is 12.9. The summed E-state index contributed by atoms with van der Waals surface area (Å²) < 4.78 is 0. The van der Waals surface area contributed by atoms with E-state index >= 15 is 0 Å². The lowest BCUT2D eigenvalue weighted by molar-refractivity contribution is -0.147. The highest BCUT2D eigenvalue weighted by Crippen LogP contribution is 2.37. The standard InChI is InChI=1S/C16H30N2O/c1-4-7-16(9-5-10-17-12-16)14(19)18-11-6-8-15(2,3)13-18/h17H,4-13H2,1-3H3. The SMILES string of the molecule is CCCC1(C(=O)N2CCCC(C)(C)C2)CCCNC1. The molecule has 0 spiro atoms. The van der Waals surface area contributed by atoms with Crippen LogP contribution < -0.4 is 5.32 Å². The number of amides is 1. The summed E-state index contributed by atoms with van der Waals surface area (Å²) in [6.45, 7) is 10.6. The minimum atomic E-state index is -0.111. The molecule has 1 N–H and O–H groups in total. The van der Waals surface area contributed by atoms with Gasteiger partial charge in [0.1, 0.15) is 0 Å². The monoisotopic (exact) mass is 266 g/mol. The van der Waals surface area contributed by atoms with Gasteiger partial charge in [0.2, 0.25) is 5.91 Å². The summed E-state index contributed by atoms with van der Waals surface area (Å²) in [7, 11) is 0. The Bertz CT molecular complexity index is 313. The summed E-state index contributed by atoms with van der Waals surface area (Å²) in [6.07, 6.45) is 6.76. The van der Waals surface area contributed by atoms with Gasteiger partial charge in [-0.2, -0.15) is 0 Å². The third kappa shape index (κ3) is 3.31. The van der Waals surface area contributed by atoms with Gasteiger partial charge in [-0.3, -0.25) is 4.79 Å². The Hall–Kier alpha value is -0.570. The number of hydrogen-bond donors (Lipinski definition) is 1. The smallest absolute Gasteiger partial charge is 0.230 e. The van der Waals surface area contributed by atoms with Crippen molar-refractivity contribution in [2.45, 2.75) is 59.3 Å². The van der Waals surface area contributed by atoms with E-state index < -0.39 is 0 Å². The van der Waals surface area contributed by atoms with Crippen LogP contribution in [0.25, 0.3) is 0 Å². The van der Waals surface area contributed by atoms with Crippen LogP contribution >= 0.6 is 0 Å². The Morgan fingerprint density at radius 2 is 2.05 bits per heavy atom. The van der Waals surface area contributed by atoms with Gasteiger partial charge in [0.05, 0.1) is 5.41 Å². The molecule has 2 saturated heterocycles.